The van der Waals surface area contributed by atoms with Gasteiger partial charge in [0.1, 0.15) is 0 Å². The summed E-state index contributed by atoms with van der Waals surface area (Å²) in [6.07, 6.45) is 5.75. The van der Waals surface area contributed by atoms with Crippen LogP contribution in [0.5, 0.6) is 0 Å². The molecule has 1 atom stereocenters. The molecule has 1 aromatic rings. The topological polar surface area (TPSA) is 29.9 Å². The van der Waals surface area contributed by atoms with Crippen LogP contribution in [-0.4, -0.2) is 38.6 Å². The van der Waals surface area contributed by atoms with Crippen molar-refractivity contribution < 1.29 is 0 Å². The molecule has 3 nitrogen and oxygen atoms in total. The third-order valence-electron chi connectivity index (χ3n) is 2.41. The third kappa shape index (κ3) is 3.22. The van der Waals surface area contributed by atoms with Gasteiger partial charge in [0, 0.05) is 48.0 Å². The van der Waals surface area contributed by atoms with E-state index >= 15 is 0 Å². The van der Waals surface area contributed by atoms with Crippen LogP contribution in [0.25, 0.3) is 0 Å². The molecule has 1 N–H and O–H groups in total. The Kier molecular flexibility index (Phi) is 4.66. The maximum absolute atomic E-state index is 4.31. The van der Waals surface area contributed by atoms with Gasteiger partial charge in [0.15, 0.2) is 0 Å². The predicted molar refractivity (Wildman–Crippen MR) is 74.5 cm³/mol. The highest BCUT2D eigenvalue weighted by Crippen LogP contribution is 2.25. The number of nitrogens with zero attached hydrogens (tertiary/aromatic N) is 2. The van der Waals surface area contributed by atoms with Crippen molar-refractivity contribution in [2.75, 3.05) is 29.1 Å². The van der Waals surface area contributed by atoms with Crippen LogP contribution in [0.4, 0.5) is 5.95 Å². The van der Waals surface area contributed by atoms with Gasteiger partial charge in [0.2, 0.25) is 5.95 Å². The fraction of sp³-hybridized carbons (Fsp3) is 0.545. The van der Waals surface area contributed by atoms with E-state index in [0.717, 1.165) is 24.3 Å². The fourth-order valence-electron chi connectivity index (χ4n) is 1.65. The largest absolute Gasteiger partial charge is 0.352 e. The van der Waals surface area contributed by atoms with Crippen LogP contribution >= 0.6 is 23.5 Å². The number of thioether (sulfide) groups is 2. The lowest BCUT2D eigenvalue weighted by atomic mass is 10.4. The maximum atomic E-state index is 4.31. The second-order valence-electron chi connectivity index (χ2n) is 3.64. The summed E-state index contributed by atoms with van der Waals surface area (Å²) in [5, 5.41) is 3.97. The molecule has 1 aromatic heterocycles. The molecule has 0 spiro atoms. The lowest BCUT2D eigenvalue weighted by Gasteiger charge is -2.22. The molecule has 0 saturated carbocycles. The molecule has 1 aliphatic rings. The van der Waals surface area contributed by atoms with E-state index in [4.69, 9.17) is 0 Å². The van der Waals surface area contributed by atoms with Crippen molar-refractivity contribution in [2.45, 2.75) is 11.8 Å². The molecule has 1 unspecified atom stereocenters. The monoisotopic (exact) mass is 255 g/mol. The summed E-state index contributed by atoms with van der Waals surface area (Å²) in [5.41, 5.74) is 0. The summed E-state index contributed by atoms with van der Waals surface area (Å²) in [7, 11) is 0. The quantitative estimate of drug-likeness (QED) is 0.818. The predicted octanol–water partition coefficient (Wildman–Crippen LogP) is 2.33. The Bertz CT molecular complexity index is 332. The fourth-order valence-corrected chi connectivity index (χ4v) is 4.31. The van der Waals surface area contributed by atoms with Crippen LogP contribution in [0.1, 0.15) is 0 Å². The van der Waals surface area contributed by atoms with Crippen molar-refractivity contribution in [1.29, 1.82) is 0 Å². The van der Waals surface area contributed by atoms with Gasteiger partial charge in [-0.05, 0) is 0 Å². The third-order valence-corrected chi connectivity index (χ3v) is 5.23. The number of hydrogen-bond acceptors (Lipinski definition) is 4. The molecule has 2 heterocycles. The number of rotatable bonds is 5. The van der Waals surface area contributed by atoms with Gasteiger partial charge < -0.3 is 9.88 Å². The number of aromatic nitrogens is 2. The Labute approximate surface area is 105 Å². The summed E-state index contributed by atoms with van der Waals surface area (Å²) >= 11 is 4.13. The van der Waals surface area contributed by atoms with Gasteiger partial charge in [0.05, 0.1) is 0 Å². The molecule has 0 aliphatic carbocycles. The molecule has 0 amide bonds. The summed E-state index contributed by atoms with van der Waals surface area (Å²) in [4.78, 5) is 4.31. The molecule has 1 aliphatic heterocycles. The minimum absolute atomic E-state index is 0.720. The summed E-state index contributed by atoms with van der Waals surface area (Å²) < 4.78 is 2.20. The molecule has 0 bridgehead atoms. The van der Waals surface area contributed by atoms with Gasteiger partial charge in [-0.3, -0.25) is 0 Å². The van der Waals surface area contributed by atoms with Crippen LogP contribution in [-0.2, 0) is 6.54 Å². The van der Waals surface area contributed by atoms with E-state index in [1.165, 1.54) is 17.3 Å². The van der Waals surface area contributed by atoms with Gasteiger partial charge in [-0.1, -0.05) is 6.08 Å². The Morgan fingerprint density at radius 3 is 3.31 bits per heavy atom. The van der Waals surface area contributed by atoms with Gasteiger partial charge in [-0.15, -0.1) is 6.58 Å². The van der Waals surface area contributed by atoms with Crippen molar-refractivity contribution in [3.8, 4) is 0 Å². The van der Waals surface area contributed by atoms with Gasteiger partial charge in [-0.2, -0.15) is 23.5 Å². The van der Waals surface area contributed by atoms with E-state index in [0.29, 0.717) is 0 Å². The van der Waals surface area contributed by atoms with Gasteiger partial charge in [0.25, 0.3) is 0 Å². The van der Waals surface area contributed by atoms with Crippen molar-refractivity contribution in [3.63, 3.8) is 0 Å². The average Bonchev–Trinajstić information content (AvgIpc) is 2.75. The first kappa shape index (κ1) is 11.9. The van der Waals surface area contributed by atoms with Gasteiger partial charge in [-0.25, -0.2) is 4.98 Å². The molecular weight excluding hydrogens is 238 g/mol. The zero-order chi connectivity index (χ0) is 11.2. The Morgan fingerprint density at radius 1 is 1.62 bits per heavy atom. The number of anilines is 1. The molecule has 16 heavy (non-hydrogen) atoms. The van der Waals surface area contributed by atoms with E-state index in [1.54, 1.807) is 0 Å². The van der Waals surface area contributed by atoms with Crippen LogP contribution in [0.3, 0.4) is 0 Å². The van der Waals surface area contributed by atoms with Crippen LogP contribution in [0, 0.1) is 0 Å². The first-order valence-electron chi connectivity index (χ1n) is 5.45. The van der Waals surface area contributed by atoms with E-state index in [-0.39, 0.29) is 0 Å². The first-order chi connectivity index (χ1) is 7.90. The molecule has 5 heteroatoms. The zero-order valence-electron chi connectivity index (χ0n) is 9.26. The van der Waals surface area contributed by atoms with E-state index in [1.807, 2.05) is 18.5 Å². The smallest absolute Gasteiger partial charge is 0.203 e. The van der Waals surface area contributed by atoms with Crippen molar-refractivity contribution in [2.24, 2.45) is 0 Å². The Hall–Kier alpha value is -0.550. The summed E-state index contributed by atoms with van der Waals surface area (Å²) in [6, 6.07) is 0. The van der Waals surface area contributed by atoms with Crippen LogP contribution < -0.4 is 5.32 Å². The van der Waals surface area contributed by atoms with Crippen molar-refractivity contribution in [3.05, 3.63) is 25.0 Å². The second kappa shape index (κ2) is 6.25. The molecule has 0 radical (unpaired) electrons. The van der Waals surface area contributed by atoms with Crippen molar-refractivity contribution >= 4 is 29.5 Å². The second-order valence-corrected chi connectivity index (χ2v) is 6.20. The number of nitrogens with one attached hydrogen (secondary N) is 1. The molecule has 1 saturated heterocycles. The van der Waals surface area contributed by atoms with Gasteiger partial charge >= 0.3 is 0 Å². The molecule has 0 aromatic carbocycles. The highest BCUT2D eigenvalue weighted by molar-refractivity contribution is 8.06. The van der Waals surface area contributed by atoms with E-state index < -0.39 is 0 Å². The molecule has 88 valence electrons. The highest BCUT2D eigenvalue weighted by atomic mass is 32.2. The SMILES string of the molecule is C=CCNc1nccn1CC1CSCCS1. The highest BCUT2D eigenvalue weighted by Gasteiger charge is 2.15. The number of imidazole rings is 1. The lowest BCUT2D eigenvalue weighted by molar-refractivity contribution is 0.700. The summed E-state index contributed by atoms with van der Waals surface area (Å²) in [6.45, 7) is 5.52. The van der Waals surface area contributed by atoms with Crippen molar-refractivity contribution in [1.82, 2.24) is 9.55 Å². The van der Waals surface area contributed by atoms with E-state index in [9.17, 15) is 0 Å². The zero-order valence-corrected chi connectivity index (χ0v) is 10.9. The van der Waals surface area contributed by atoms with E-state index in [2.05, 4.69) is 45.0 Å². The maximum Gasteiger partial charge on any atom is 0.203 e. The molecular formula is C11H17N3S2. The Balaban J connectivity index is 1.91. The number of hydrogen-bond donors (Lipinski definition) is 1. The first-order valence-corrected chi connectivity index (χ1v) is 7.65. The standard InChI is InChI=1S/C11H17N3S2/c1-2-3-12-11-13-4-5-14(11)8-10-9-15-6-7-16-10/h2,4-5,10H,1,3,6-9H2,(H,12,13). The van der Waals surface area contributed by atoms with Crippen LogP contribution in [0.15, 0.2) is 25.0 Å². The Morgan fingerprint density at radius 2 is 2.56 bits per heavy atom. The minimum Gasteiger partial charge on any atom is -0.352 e. The molecule has 2 rings (SSSR count). The lowest BCUT2D eigenvalue weighted by Crippen LogP contribution is -2.21. The minimum atomic E-state index is 0.720. The normalized spacial score (nSPS) is 20.6. The molecule has 1 fully saturated rings. The summed E-state index contributed by atoms with van der Waals surface area (Å²) in [5.74, 6) is 4.78. The van der Waals surface area contributed by atoms with Crippen LogP contribution in [0.2, 0.25) is 0 Å². The average molecular weight is 255 g/mol.